The normalized spacial score (nSPS) is 19.9. The highest BCUT2D eigenvalue weighted by Gasteiger charge is 2.31. The van der Waals surface area contributed by atoms with Gasteiger partial charge in [0, 0.05) is 13.1 Å². The molecule has 1 unspecified atom stereocenters. The summed E-state index contributed by atoms with van der Waals surface area (Å²) in [6.45, 7) is 3.80. The second-order valence-corrected chi connectivity index (χ2v) is 5.05. The Labute approximate surface area is 110 Å². The maximum absolute atomic E-state index is 11.8. The van der Waals surface area contributed by atoms with Crippen molar-refractivity contribution in [3.8, 4) is 0 Å². The number of rotatable bonds is 4. The first-order chi connectivity index (χ1) is 8.74. The van der Waals surface area contributed by atoms with E-state index in [9.17, 15) is 14.4 Å². The number of carbonyl (C=O) groups excluding carboxylic acids is 2. The molecule has 19 heavy (non-hydrogen) atoms. The Morgan fingerprint density at radius 1 is 1.47 bits per heavy atom. The van der Waals surface area contributed by atoms with Gasteiger partial charge in [-0.25, -0.2) is 9.59 Å². The highest BCUT2D eigenvalue weighted by atomic mass is 16.5. The van der Waals surface area contributed by atoms with Crippen LogP contribution in [0.5, 0.6) is 0 Å². The van der Waals surface area contributed by atoms with Crippen LogP contribution in [0.15, 0.2) is 0 Å². The minimum atomic E-state index is -1.10. The van der Waals surface area contributed by atoms with Gasteiger partial charge in [0.1, 0.15) is 0 Å². The lowest BCUT2D eigenvalue weighted by Gasteiger charge is -2.32. The molecule has 0 aliphatic carbocycles. The first kappa shape index (κ1) is 15.2. The quantitative estimate of drug-likeness (QED) is 0.606. The summed E-state index contributed by atoms with van der Waals surface area (Å²) in [5, 5.41) is 11.4. The van der Waals surface area contributed by atoms with E-state index >= 15 is 0 Å². The zero-order chi connectivity index (χ0) is 14.6. The van der Waals surface area contributed by atoms with Crippen molar-refractivity contribution in [3.05, 3.63) is 0 Å². The van der Waals surface area contributed by atoms with Gasteiger partial charge < -0.3 is 25.8 Å². The number of carboxylic acid groups (broad SMARTS) is 1. The second-order valence-electron chi connectivity index (χ2n) is 5.05. The maximum Gasteiger partial charge on any atom is 0.334 e. The van der Waals surface area contributed by atoms with E-state index in [0.717, 1.165) is 0 Å². The van der Waals surface area contributed by atoms with Gasteiger partial charge in [0.15, 0.2) is 6.10 Å². The predicted molar refractivity (Wildman–Crippen MR) is 65.3 cm³/mol. The number of aliphatic carboxylic acids is 1. The molecule has 1 heterocycles. The fourth-order valence-electron chi connectivity index (χ4n) is 1.48. The van der Waals surface area contributed by atoms with Crippen molar-refractivity contribution in [2.45, 2.75) is 20.0 Å². The average molecular weight is 273 g/mol. The molecule has 0 aromatic rings. The molecule has 3 amide bonds. The number of hydrogen-bond donors (Lipinski definition) is 3. The first-order valence-corrected chi connectivity index (χ1v) is 5.91. The molecule has 0 radical (unpaired) electrons. The Morgan fingerprint density at radius 2 is 2.11 bits per heavy atom. The van der Waals surface area contributed by atoms with E-state index in [1.807, 2.05) is 0 Å². The highest BCUT2D eigenvalue weighted by molar-refractivity contribution is 5.82. The van der Waals surface area contributed by atoms with Gasteiger partial charge in [0.05, 0.1) is 18.6 Å². The molecule has 8 nitrogen and oxygen atoms in total. The third kappa shape index (κ3) is 4.09. The Balaban J connectivity index is 2.50. The number of hydrogen-bond acceptors (Lipinski definition) is 4. The first-order valence-electron chi connectivity index (χ1n) is 5.91. The molecule has 1 atom stereocenters. The summed E-state index contributed by atoms with van der Waals surface area (Å²) in [7, 11) is 0. The van der Waals surface area contributed by atoms with Crippen LogP contribution >= 0.6 is 0 Å². The fraction of sp³-hybridized carbons (Fsp3) is 0.727. The minimum absolute atomic E-state index is 0.0157. The Morgan fingerprint density at radius 3 is 2.63 bits per heavy atom. The van der Waals surface area contributed by atoms with Gasteiger partial charge in [-0.3, -0.25) is 4.79 Å². The van der Waals surface area contributed by atoms with E-state index in [1.165, 1.54) is 4.90 Å². The van der Waals surface area contributed by atoms with Crippen molar-refractivity contribution < 1.29 is 24.2 Å². The third-order valence-electron chi connectivity index (χ3n) is 2.98. The number of carboxylic acids is 1. The second kappa shape index (κ2) is 5.87. The zero-order valence-electron chi connectivity index (χ0n) is 11.0. The highest BCUT2D eigenvalue weighted by Crippen LogP contribution is 2.12. The van der Waals surface area contributed by atoms with Gasteiger partial charge in [-0.2, -0.15) is 0 Å². The van der Waals surface area contributed by atoms with Crippen molar-refractivity contribution in [2.24, 2.45) is 11.1 Å². The molecule has 0 bridgehead atoms. The number of nitrogens with two attached hydrogens (primary N) is 1. The van der Waals surface area contributed by atoms with Crippen LogP contribution in [-0.4, -0.2) is 60.3 Å². The van der Waals surface area contributed by atoms with Crippen molar-refractivity contribution in [1.29, 1.82) is 0 Å². The molecule has 108 valence electrons. The largest absolute Gasteiger partial charge is 0.479 e. The molecule has 0 aromatic carbocycles. The number of carbonyl (C=O) groups is 3. The molecule has 4 N–H and O–H groups in total. The lowest BCUT2D eigenvalue weighted by molar-refractivity contribution is -0.154. The van der Waals surface area contributed by atoms with Crippen LogP contribution in [0, 0.1) is 5.41 Å². The molecule has 1 aliphatic heterocycles. The summed E-state index contributed by atoms with van der Waals surface area (Å²) >= 11 is 0. The van der Waals surface area contributed by atoms with Crippen molar-refractivity contribution in [3.63, 3.8) is 0 Å². The van der Waals surface area contributed by atoms with E-state index in [4.69, 9.17) is 15.6 Å². The van der Waals surface area contributed by atoms with E-state index in [0.29, 0.717) is 6.54 Å². The Kier molecular flexibility index (Phi) is 4.71. The van der Waals surface area contributed by atoms with E-state index < -0.39 is 29.4 Å². The number of morpholine rings is 1. The summed E-state index contributed by atoms with van der Waals surface area (Å²) in [5.41, 5.74) is 4.34. The molecule has 1 rings (SSSR count). The van der Waals surface area contributed by atoms with Crippen LogP contribution in [0.25, 0.3) is 0 Å². The minimum Gasteiger partial charge on any atom is -0.479 e. The van der Waals surface area contributed by atoms with Crippen LogP contribution in [0.4, 0.5) is 4.79 Å². The Bertz CT molecular complexity index is 383. The van der Waals surface area contributed by atoms with Crippen LogP contribution in [0.1, 0.15) is 13.8 Å². The number of nitrogens with zero attached hydrogens (tertiary/aromatic N) is 1. The molecule has 8 heteroatoms. The van der Waals surface area contributed by atoms with Crippen molar-refractivity contribution in [2.75, 3.05) is 26.2 Å². The van der Waals surface area contributed by atoms with Gasteiger partial charge in [-0.05, 0) is 13.8 Å². The van der Waals surface area contributed by atoms with E-state index in [-0.39, 0.29) is 19.7 Å². The topological polar surface area (TPSA) is 122 Å². The lowest BCUT2D eigenvalue weighted by atomic mass is 9.93. The number of amides is 3. The summed E-state index contributed by atoms with van der Waals surface area (Å²) in [6.07, 6.45) is -1.01. The van der Waals surface area contributed by atoms with E-state index in [1.54, 1.807) is 13.8 Å². The number of nitrogens with one attached hydrogen (secondary N) is 1. The van der Waals surface area contributed by atoms with Crippen LogP contribution < -0.4 is 11.1 Å². The molecular weight excluding hydrogens is 254 g/mol. The fourth-order valence-corrected chi connectivity index (χ4v) is 1.48. The third-order valence-corrected chi connectivity index (χ3v) is 2.98. The SMILES string of the molecule is CC(C)(CNC(=O)N1CCOC(C(=O)O)C1)C(N)=O. The molecule has 1 fully saturated rings. The van der Waals surface area contributed by atoms with Gasteiger partial charge in [-0.1, -0.05) is 0 Å². The molecule has 1 aliphatic rings. The molecule has 0 spiro atoms. The summed E-state index contributed by atoms with van der Waals surface area (Å²) < 4.78 is 5.01. The van der Waals surface area contributed by atoms with Gasteiger partial charge in [-0.15, -0.1) is 0 Å². The van der Waals surface area contributed by atoms with Gasteiger partial charge in [0.25, 0.3) is 0 Å². The molecule has 0 saturated carbocycles. The smallest absolute Gasteiger partial charge is 0.334 e. The summed E-state index contributed by atoms with van der Waals surface area (Å²) in [5.74, 6) is -1.62. The van der Waals surface area contributed by atoms with Crippen LogP contribution in [-0.2, 0) is 14.3 Å². The van der Waals surface area contributed by atoms with Crippen LogP contribution in [0.3, 0.4) is 0 Å². The number of primary amides is 1. The molecule has 0 aromatic heterocycles. The Hall–Kier alpha value is -1.83. The van der Waals surface area contributed by atoms with Crippen molar-refractivity contribution >= 4 is 17.9 Å². The lowest BCUT2D eigenvalue weighted by Crippen LogP contribution is -2.53. The predicted octanol–water partition coefficient (Wildman–Crippen LogP) is -1.01. The summed E-state index contributed by atoms with van der Waals surface area (Å²) in [4.78, 5) is 35.1. The zero-order valence-corrected chi connectivity index (χ0v) is 11.0. The molecular formula is C11H19N3O5. The van der Waals surface area contributed by atoms with Crippen LogP contribution in [0.2, 0.25) is 0 Å². The van der Waals surface area contributed by atoms with E-state index in [2.05, 4.69) is 5.32 Å². The summed E-state index contributed by atoms with van der Waals surface area (Å²) in [6, 6.07) is -0.427. The van der Waals surface area contributed by atoms with Gasteiger partial charge in [0.2, 0.25) is 5.91 Å². The average Bonchev–Trinajstić information content (AvgIpc) is 2.36. The standard InChI is InChI=1S/C11H19N3O5/c1-11(2,9(12)17)6-13-10(18)14-3-4-19-7(5-14)8(15)16/h7H,3-6H2,1-2H3,(H2,12,17)(H,13,18)(H,15,16). The molecule has 1 saturated heterocycles. The number of urea groups is 1. The monoisotopic (exact) mass is 273 g/mol. The number of ether oxygens (including phenoxy) is 1. The van der Waals surface area contributed by atoms with Crippen molar-refractivity contribution in [1.82, 2.24) is 10.2 Å². The maximum atomic E-state index is 11.8. The van der Waals surface area contributed by atoms with Gasteiger partial charge >= 0.3 is 12.0 Å².